The number of aliphatic hydroxyl groups excluding tert-OH is 1. The van der Waals surface area contributed by atoms with Crippen molar-refractivity contribution in [3.05, 3.63) is 29.3 Å². The van der Waals surface area contributed by atoms with E-state index in [2.05, 4.69) is 5.32 Å². The predicted molar refractivity (Wildman–Crippen MR) is 84.5 cm³/mol. The number of rotatable bonds is 7. The molecule has 118 valence electrons. The van der Waals surface area contributed by atoms with Crippen molar-refractivity contribution in [3.63, 3.8) is 0 Å². The number of aryl methyl sites for hydroxylation is 2. The molecule has 0 aliphatic heterocycles. The average Bonchev–Trinajstić information content (AvgIpc) is 2.42. The zero-order chi connectivity index (χ0) is 16.0. The van der Waals surface area contributed by atoms with Crippen LogP contribution in [0, 0.1) is 13.8 Å². The van der Waals surface area contributed by atoms with Crippen LogP contribution in [0.25, 0.3) is 0 Å². The van der Waals surface area contributed by atoms with E-state index in [1.54, 1.807) is 12.0 Å². The molecule has 0 spiro atoms. The number of ether oxygens (including phenoxy) is 1. The lowest BCUT2D eigenvalue weighted by Crippen LogP contribution is -2.44. The molecule has 5 nitrogen and oxygen atoms in total. The summed E-state index contributed by atoms with van der Waals surface area (Å²) in [5, 5.41) is 12.6. The molecule has 21 heavy (non-hydrogen) atoms. The smallest absolute Gasteiger partial charge is 0.241 e. The molecule has 0 aliphatic rings. The van der Waals surface area contributed by atoms with Gasteiger partial charge in [0.05, 0.1) is 18.8 Å². The van der Waals surface area contributed by atoms with Gasteiger partial charge in [-0.25, -0.2) is 0 Å². The van der Waals surface area contributed by atoms with Gasteiger partial charge in [0.15, 0.2) is 0 Å². The third kappa shape index (κ3) is 5.46. The Bertz CT molecular complexity index is 477. The molecule has 1 rings (SSSR count). The van der Waals surface area contributed by atoms with Crippen molar-refractivity contribution >= 4 is 11.6 Å². The van der Waals surface area contributed by atoms with E-state index in [-0.39, 0.29) is 18.6 Å². The molecule has 0 saturated carbocycles. The fourth-order valence-corrected chi connectivity index (χ4v) is 2.00. The first-order valence-electron chi connectivity index (χ1n) is 7.10. The summed E-state index contributed by atoms with van der Waals surface area (Å²) in [4.78, 5) is 14.0. The highest BCUT2D eigenvalue weighted by atomic mass is 16.5. The molecule has 0 saturated heterocycles. The van der Waals surface area contributed by atoms with Crippen LogP contribution in [0.2, 0.25) is 0 Å². The Hall–Kier alpha value is -1.43. The molecule has 0 radical (unpaired) electrons. The number of nitrogens with zero attached hydrogens (tertiary/aromatic N) is 1. The third-order valence-corrected chi connectivity index (χ3v) is 3.67. The third-order valence-electron chi connectivity index (χ3n) is 3.67. The number of likely N-dealkylation sites (N-methyl/N-ethyl adjacent to an activating group) is 1. The van der Waals surface area contributed by atoms with E-state index in [9.17, 15) is 9.90 Å². The van der Waals surface area contributed by atoms with Crippen molar-refractivity contribution < 1.29 is 14.6 Å². The van der Waals surface area contributed by atoms with Crippen LogP contribution in [-0.4, -0.2) is 55.4 Å². The molecule has 0 aliphatic carbocycles. The van der Waals surface area contributed by atoms with Crippen LogP contribution in [-0.2, 0) is 9.53 Å². The summed E-state index contributed by atoms with van der Waals surface area (Å²) >= 11 is 0. The lowest BCUT2D eigenvalue weighted by Gasteiger charge is -2.26. The first kappa shape index (κ1) is 17.6. The molecule has 1 aromatic rings. The highest BCUT2D eigenvalue weighted by molar-refractivity contribution is 5.94. The highest BCUT2D eigenvalue weighted by Crippen LogP contribution is 2.14. The number of nitrogens with one attached hydrogen (secondary N) is 1. The second kappa shape index (κ2) is 8.12. The van der Waals surface area contributed by atoms with Gasteiger partial charge in [0.25, 0.3) is 0 Å². The van der Waals surface area contributed by atoms with Crippen molar-refractivity contribution in [2.45, 2.75) is 32.9 Å². The van der Waals surface area contributed by atoms with Gasteiger partial charge in [-0.05, 0) is 51.1 Å². The Balaban J connectivity index is 2.59. The standard InChI is InChI=1S/C16H26N2O3/c1-11-6-7-14(8-12(11)2)17-16(20)13(3)18(4)9-15(19)10-21-5/h6-8,13,15,19H,9-10H2,1-5H3,(H,17,20)/t13-,15+/m0/s1. The van der Waals surface area contributed by atoms with Crippen molar-refractivity contribution in [3.8, 4) is 0 Å². The fraction of sp³-hybridized carbons (Fsp3) is 0.562. The second-order valence-electron chi connectivity index (χ2n) is 5.51. The summed E-state index contributed by atoms with van der Waals surface area (Å²) in [5.41, 5.74) is 3.13. The summed E-state index contributed by atoms with van der Waals surface area (Å²) in [6.07, 6.45) is -0.600. The molecule has 2 N–H and O–H groups in total. The van der Waals surface area contributed by atoms with Gasteiger partial charge < -0.3 is 15.2 Å². The van der Waals surface area contributed by atoms with Crippen LogP contribution >= 0.6 is 0 Å². The van der Waals surface area contributed by atoms with Crippen LogP contribution in [0.5, 0.6) is 0 Å². The summed E-state index contributed by atoms with van der Waals surface area (Å²) in [5.74, 6) is -0.0923. The van der Waals surface area contributed by atoms with E-state index in [4.69, 9.17) is 4.74 Å². The van der Waals surface area contributed by atoms with Crippen molar-refractivity contribution in [1.29, 1.82) is 0 Å². The van der Waals surface area contributed by atoms with Crippen LogP contribution in [0.15, 0.2) is 18.2 Å². The number of amides is 1. The molecule has 0 fully saturated rings. The maximum absolute atomic E-state index is 12.2. The Labute approximate surface area is 126 Å². The maximum Gasteiger partial charge on any atom is 0.241 e. The molecule has 1 aromatic carbocycles. The number of methoxy groups -OCH3 is 1. The topological polar surface area (TPSA) is 61.8 Å². The molecule has 0 unspecified atom stereocenters. The minimum Gasteiger partial charge on any atom is -0.389 e. The van der Waals surface area contributed by atoms with E-state index >= 15 is 0 Å². The Morgan fingerprint density at radius 1 is 1.38 bits per heavy atom. The molecular weight excluding hydrogens is 268 g/mol. The maximum atomic E-state index is 12.2. The Morgan fingerprint density at radius 3 is 2.62 bits per heavy atom. The molecule has 0 aromatic heterocycles. The van der Waals surface area contributed by atoms with Crippen LogP contribution < -0.4 is 5.32 Å². The number of carbonyl (C=O) groups is 1. The predicted octanol–water partition coefficient (Wildman–Crippen LogP) is 1.57. The number of aliphatic hydroxyl groups is 1. The van der Waals surface area contributed by atoms with E-state index in [0.717, 1.165) is 11.3 Å². The molecule has 0 bridgehead atoms. The highest BCUT2D eigenvalue weighted by Gasteiger charge is 2.20. The number of carbonyl (C=O) groups excluding carboxylic acids is 1. The van der Waals surface area contributed by atoms with E-state index in [1.165, 1.54) is 5.56 Å². The van der Waals surface area contributed by atoms with Gasteiger partial charge in [0, 0.05) is 19.3 Å². The SMILES string of the molecule is COC[C@H](O)CN(C)[C@@H](C)C(=O)Nc1ccc(C)c(C)c1. The second-order valence-corrected chi connectivity index (χ2v) is 5.51. The quantitative estimate of drug-likeness (QED) is 0.801. The summed E-state index contributed by atoms with van der Waals surface area (Å²) in [7, 11) is 3.35. The molecule has 5 heteroatoms. The number of hydrogen-bond acceptors (Lipinski definition) is 4. The van der Waals surface area contributed by atoms with Gasteiger partial charge in [-0.2, -0.15) is 0 Å². The van der Waals surface area contributed by atoms with E-state index in [0.29, 0.717) is 6.54 Å². The first-order valence-corrected chi connectivity index (χ1v) is 7.10. The Morgan fingerprint density at radius 2 is 2.05 bits per heavy atom. The van der Waals surface area contributed by atoms with Crippen molar-refractivity contribution in [1.82, 2.24) is 4.90 Å². The summed E-state index contributed by atoms with van der Waals surface area (Å²) < 4.78 is 4.89. The largest absolute Gasteiger partial charge is 0.389 e. The Kier molecular flexibility index (Phi) is 6.81. The number of hydrogen-bond donors (Lipinski definition) is 2. The number of anilines is 1. The van der Waals surface area contributed by atoms with Crippen molar-refractivity contribution in [2.24, 2.45) is 0 Å². The summed E-state index contributed by atoms with van der Waals surface area (Å²) in [6, 6.07) is 5.51. The first-order chi connectivity index (χ1) is 9.85. The molecular formula is C16H26N2O3. The molecule has 1 amide bonds. The lowest BCUT2D eigenvalue weighted by molar-refractivity contribution is -0.120. The van der Waals surface area contributed by atoms with E-state index < -0.39 is 6.10 Å². The lowest BCUT2D eigenvalue weighted by atomic mass is 10.1. The van der Waals surface area contributed by atoms with Gasteiger partial charge >= 0.3 is 0 Å². The number of benzene rings is 1. The normalized spacial score (nSPS) is 14.0. The molecule has 0 heterocycles. The minimum atomic E-state index is -0.600. The zero-order valence-electron chi connectivity index (χ0n) is 13.5. The van der Waals surface area contributed by atoms with Gasteiger partial charge in [0.2, 0.25) is 5.91 Å². The average molecular weight is 294 g/mol. The van der Waals surface area contributed by atoms with Gasteiger partial charge in [-0.1, -0.05) is 6.07 Å². The molecule has 2 atom stereocenters. The van der Waals surface area contributed by atoms with Crippen LogP contribution in [0.1, 0.15) is 18.1 Å². The van der Waals surface area contributed by atoms with E-state index in [1.807, 2.05) is 46.0 Å². The zero-order valence-corrected chi connectivity index (χ0v) is 13.5. The van der Waals surface area contributed by atoms with Crippen LogP contribution in [0.4, 0.5) is 5.69 Å². The summed E-state index contributed by atoms with van der Waals surface area (Å²) in [6.45, 7) is 6.51. The minimum absolute atomic E-state index is 0.0923. The van der Waals surface area contributed by atoms with Gasteiger partial charge in [-0.3, -0.25) is 9.69 Å². The van der Waals surface area contributed by atoms with Crippen LogP contribution in [0.3, 0.4) is 0 Å². The van der Waals surface area contributed by atoms with Crippen molar-refractivity contribution in [2.75, 3.05) is 32.6 Å². The monoisotopic (exact) mass is 294 g/mol. The van der Waals surface area contributed by atoms with Gasteiger partial charge in [-0.15, -0.1) is 0 Å². The fourth-order valence-electron chi connectivity index (χ4n) is 2.00. The van der Waals surface area contributed by atoms with Gasteiger partial charge in [0.1, 0.15) is 0 Å².